The second kappa shape index (κ2) is 7.59. The van der Waals surface area contributed by atoms with Gasteiger partial charge < -0.3 is 14.6 Å². The number of ether oxygens (including phenoxy) is 2. The third-order valence-electron chi connectivity index (χ3n) is 2.79. The Kier molecular flexibility index (Phi) is 5.51. The van der Waals surface area contributed by atoms with E-state index in [1.807, 2.05) is 30.3 Å². The van der Waals surface area contributed by atoms with E-state index in [9.17, 15) is 4.79 Å². The van der Waals surface area contributed by atoms with Gasteiger partial charge in [0.05, 0.1) is 19.3 Å². The van der Waals surface area contributed by atoms with Gasteiger partial charge >= 0.3 is 5.97 Å². The van der Waals surface area contributed by atoms with Crippen LogP contribution in [0.15, 0.2) is 53.4 Å². The summed E-state index contributed by atoms with van der Waals surface area (Å²) in [6.07, 6.45) is 0. The third-order valence-corrected chi connectivity index (χ3v) is 3.82. The van der Waals surface area contributed by atoms with Crippen molar-refractivity contribution < 1.29 is 19.4 Å². The highest BCUT2D eigenvalue weighted by atomic mass is 32.2. The fraction of sp³-hybridized carbons (Fsp3) is 0.188. The highest BCUT2D eigenvalue weighted by Crippen LogP contribution is 2.27. The van der Waals surface area contributed by atoms with Crippen LogP contribution in [-0.2, 0) is 0 Å². The van der Waals surface area contributed by atoms with Crippen LogP contribution in [0, 0.1) is 0 Å². The minimum Gasteiger partial charge on any atom is -0.493 e. The summed E-state index contributed by atoms with van der Waals surface area (Å²) in [6, 6.07) is 14.4. The maximum atomic E-state index is 11.1. The van der Waals surface area contributed by atoms with Gasteiger partial charge in [0.15, 0.2) is 11.5 Å². The normalized spacial score (nSPS) is 10.1. The Morgan fingerprint density at radius 1 is 1.10 bits per heavy atom. The summed E-state index contributed by atoms with van der Waals surface area (Å²) < 4.78 is 10.9. The van der Waals surface area contributed by atoms with Crippen molar-refractivity contribution in [3.05, 3.63) is 54.1 Å². The van der Waals surface area contributed by atoms with Crippen LogP contribution in [0.25, 0.3) is 0 Å². The lowest BCUT2D eigenvalue weighted by molar-refractivity contribution is 0.0693. The molecule has 0 bridgehead atoms. The summed E-state index contributed by atoms with van der Waals surface area (Å²) in [5.74, 6) is 1.12. The van der Waals surface area contributed by atoms with E-state index in [0.29, 0.717) is 29.4 Å². The fourth-order valence-corrected chi connectivity index (χ4v) is 2.68. The number of carboxylic acid groups (broad SMARTS) is 1. The van der Waals surface area contributed by atoms with E-state index in [0.717, 1.165) is 4.90 Å². The number of para-hydroxylation sites is 2. The molecule has 0 fully saturated rings. The molecule has 110 valence electrons. The Morgan fingerprint density at radius 2 is 1.76 bits per heavy atom. The van der Waals surface area contributed by atoms with Crippen LogP contribution < -0.4 is 9.47 Å². The zero-order chi connectivity index (χ0) is 15.1. The minimum atomic E-state index is -0.913. The van der Waals surface area contributed by atoms with Crippen molar-refractivity contribution in [2.45, 2.75) is 4.90 Å². The average molecular weight is 304 g/mol. The van der Waals surface area contributed by atoms with Gasteiger partial charge in [0.2, 0.25) is 0 Å². The van der Waals surface area contributed by atoms with E-state index in [1.165, 1.54) is 11.8 Å². The summed E-state index contributed by atoms with van der Waals surface area (Å²) in [6.45, 7) is 0.471. The largest absolute Gasteiger partial charge is 0.493 e. The molecule has 0 unspecified atom stereocenters. The molecule has 4 nitrogen and oxygen atoms in total. The SMILES string of the molecule is COc1ccccc1OCCSc1ccccc1C(=O)O. The molecule has 0 saturated heterocycles. The smallest absolute Gasteiger partial charge is 0.336 e. The maximum absolute atomic E-state index is 11.1. The molecule has 0 atom stereocenters. The third kappa shape index (κ3) is 4.16. The zero-order valence-corrected chi connectivity index (χ0v) is 12.4. The van der Waals surface area contributed by atoms with Crippen molar-refractivity contribution in [3.8, 4) is 11.5 Å². The summed E-state index contributed by atoms with van der Waals surface area (Å²) in [4.78, 5) is 11.8. The lowest BCUT2D eigenvalue weighted by Crippen LogP contribution is -2.03. The number of methoxy groups -OCH3 is 1. The second-order valence-electron chi connectivity index (χ2n) is 4.15. The number of hydrogen-bond acceptors (Lipinski definition) is 4. The highest BCUT2D eigenvalue weighted by Gasteiger charge is 2.09. The molecule has 0 aliphatic carbocycles. The first-order chi connectivity index (χ1) is 10.2. The fourth-order valence-electron chi connectivity index (χ4n) is 1.81. The molecular weight excluding hydrogens is 288 g/mol. The Bertz CT molecular complexity index is 613. The van der Waals surface area contributed by atoms with Crippen LogP contribution in [0.3, 0.4) is 0 Å². The number of benzene rings is 2. The van der Waals surface area contributed by atoms with Gasteiger partial charge in [-0.05, 0) is 24.3 Å². The molecule has 0 saturated carbocycles. The van der Waals surface area contributed by atoms with Gasteiger partial charge in [-0.1, -0.05) is 24.3 Å². The van der Waals surface area contributed by atoms with Crippen molar-refractivity contribution in [2.24, 2.45) is 0 Å². The van der Waals surface area contributed by atoms with Crippen molar-refractivity contribution >= 4 is 17.7 Å². The Balaban J connectivity index is 1.89. The van der Waals surface area contributed by atoms with Crippen LogP contribution in [0.1, 0.15) is 10.4 Å². The summed E-state index contributed by atoms with van der Waals surface area (Å²) in [5, 5.41) is 9.11. The molecule has 0 aliphatic rings. The van der Waals surface area contributed by atoms with Crippen molar-refractivity contribution in [1.82, 2.24) is 0 Å². The molecule has 21 heavy (non-hydrogen) atoms. The van der Waals surface area contributed by atoms with Crippen molar-refractivity contribution in [3.63, 3.8) is 0 Å². The summed E-state index contributed by atoms with van der Waals surface area (Å²) in [7, 11) is 1.60. The maximum Gasteiger partial charge on any atom is 0.336 e. The summed E-state index contributed by atoms with van der Waals surface area (Å²) >= 11 is 1.46. The van der Waals surface area contributed by atoms with E-state index in [-0.39, 0.29) is 0 Å². The first kappa shape index (κ1) is 15.3. The lowest BCUT2D eigenvalue weighted by atomic mass is 10.2. The molecule has 1 N–H and O–H groups in total. The van der Waals surface area contributed by atoms with Gasteiger partial charge in [-0.3, -0.25) is 0 Å². The van der Waals surface area contributed by atoms with Gasteiger partial charge in [0, 0.05) is 10.6 Å². The second-order valence-corrected chi connectivity index (χ2v) is 5.29. The molecule has 0 heterocycles. The number of hydrogen-bond donors (Lipinski definition) is 1. The monoisotopic (exact) mass is 304 g/mol. The predicted molar refractivity (Wildman–Crippen MR) is 82.6 cm³/mol. The minimum absolute atomic E-state index is 0.319. The van der Waals surface area contributed by atoms with Crippen LogP contribution >= 0.6 is 11.8 Å². The van der Waals surface area contributed by atoms with Gasteiger partial charge in [-0.25, -0.2) is 4.79 Å². The van der Waals surface area contributed by atoms with E-state index in [2.05, 4.69) is 0 Å². The standard InChI is InChI=1S/C16H16O4S/c1-19-13-7-3-4-8-14(13)20-10-11-21-15-9-5-2-6-12(15)16(17)18/h2-9H,10-11H2,1H3,(H,17,18). The van der Waals surface area contributed by atoms with E-state index in [4.69, 9.17) is 14.6 Å². The molecule has 0 aliphatic heterocycles. The highest BCUT2D eigenvalue weighted by molar-refractivity contribution is 7.99. The zero-order valence-electron chi connectivity index (χ0n) is 11.6. The van der Waals surface area contributed by atoms with Gasteiger partial charge in [0.1, 0.15) is 0 Å². The molecule has 2 aromatic carbocycles. The lowest BCUT2D eigenvalue weighted by Gasteiger charge is -2.10. The number of carbonyl (C=O) groups is 1. The van der Waals surface area contributed by atoms with E-state index >= 15 is 0 Å². The van der Waals surface area contributed by atoms with Gasteiger partial charge in [0.25, 0.3) is 0 Å². The Morgan fingerprint density at radius 3 is 2.48 bits per heavy atom. The quantitative estimate of drug-likeness (QED) is 0.626. The van der Waals surface area contributed by atoms with Crippen LogP contribution in [0.4, 0.5) is 0 Å². The number of rotatable bonds is 7. The Labute approximate surface area is 127 Å². The van der Waals surface area contributed by atoms with Crippen molar-refractivity contribution in [2.75, 3.05) is 19.5 Å². The molecule has 0 amide bonds. The van der Waals surface area contributed by atoms with Crippen LogP contribution in [0.2, 0.25) is 0 Å². The van der Waals surface area contributed by atoms with Crippen LogP contribution in [-0.4, -0.2) is 30.5 Å². The molecular formula is C16H16O4S. The molecule has 2 rings (SSSR count). The van der Waals surface area contributed by atoms with Gasteiger partial charge in [-0.15, -0.1) is 11.8 Å². The molecule has 0 aromatic heterocycles. The number of carboxylic acids is 1. The first-order valence-electron chi connectivity index (χ1n) is 6.43. The van der Waals surface area contributed by atoms with E-state index in [1.54, 1.807) is 25.3 Å². The molecule has 0 radical (unpaired) electrons. The van der Waals surface area contributed by atoms with Crippen molar-refractivity contribution in [1.29, 1.82) is 0 Å². The molecule has 0 spiro atoms. The Hall–Kier alpha value is -2.14. The van der Waals surface area contributed by atoms with Gasteiger partial charge in [-0.2, -0.15) is 0 Å². The molecule has 2 aromatic rings. The predicted octanol–water partition coefficient (Wildman–Crippen LogP) is 3.56. The topological polar surface area (TPSA) is 55.8 Å². The molecule has 5 heteroatoms. The first-order valence-corrected chi connectivity index (χ1v) is 7.42. The average Bonchev–Trinajstić information content (AvgIpc) is 2.52. The summed E-state index contributed by atoms with van der Waals surface area (Å²) in [5.41, 5.74) is 0.319. The number of thioether (sulfide) groups is 1. The van der Waals surface area contributed by atoms with Crippen LogP contribution in [0.5, 0.6) is 11.5 Å². The van der Waals surface area contributed by atoms with E-state index < -0.39 is 5.97 Å². The number of aromatic carboxylic acids is 1.